The highest BCUT2D eigenvalue weighted by Gasteiger charge is 2.16. The zero-order valence-electron chi connectivity index (χ0n) is 9.52. The molecule has 0 aliphatic rings. The molecule has 0 saturated carbocycles. The summed E-state index contributed by atoms with van der Waals surface area (Å²) < 4.78 is 5.08. The second kappa shape index (κ2) is 3.93. The lowest BCUT2D eigenvalue weighted by atomic mass is 10.1. The van der Waals surface area contributed by atoms with Crippen molar-refractivity contribution in [1.82, 2.24) is 4.98 Å². The summed E-state index contributed by atoms with van der Waals surface area (Å²) in [6.45, 7) is 1.63. The number of aryl methyl sites for hydroxylation is 1. The molecule has 0 aliphatic carbocycles. The van der Waals surface area contributed by atoms with Crippen molar-refractivity contribution in [2.24, 2.45) is 0 Å². The third-order valence-corrected chi connectivity index (χ3v) is 2.63. The molecule has 17 heavy (non-hydrogen) atoms. The maximum Gasteiger partial charge on any atom is 0.339 e. The number of fused-ring (bicyclic) bond motifs is 1. The van der Waals surface area contributed by atoms with Crippen LogP contribution < -0.4 is 10.5 Å². The molecule has 3 N–H and O–H groups in total. The van der Waals surface area contributed by atoms with Crippen LogP contribution in [0.25, 0.3) is 10.9 Å². The molecule has 1 heterocycles. The van der Waals surface area contributed by atoms with E-state index >= 15 is 0 Å². The van der Waals surface area contributed by atoms with Gasteiger partial charge in [-0.05, 0) is 25.1 Å². The Morgan fingerprint density at radius 2 is 2.18 bits per heavy atom. The quantitative estimate of drug-likeness (QED) is 0.825. The van der Waals surface area contributed by atoms with Crippen LogP contribution in [-0.4, -0.2) is 23.2 Å². The predicted octanol–water partition coefficient (Wildman–Crippen LogP) is 1.83. The first-order valence-electron chi connectivity index (χ1n) is 5.01. The summed E-state index contributed by atoms with van der Waals surface area (Å²) in [5.74, 6) is -0.455. The molecule has 0 spiro atoms. The van der Waals surface area contributed by atoms with Crippen LogP contribution in [0.4, 0.5) is 5.69 Å². The molecular formula is C12H12N2O3. The number of hydrogen-bond acceptors (Lipinski definition) is 4. The Labute approximate surface area is 97.8 Å². The van der Waals surface area contributed by atoms with E-state index in [0.29, 0.717) is 22.3 Å². The molecule has 88 valence electrons. The lowest BCUT2D eigenvalue weighted by Gasteiger charge is -2.09. The fourth-order valence-corrected chi connectivity index (χ4v) is 1.79. The number of carboxylic acids is 1. The number of carbonyl (C=O) groups is 1. The summed E-state index contributed by atoms with van der Waals surface area (Å²) in [7, 11) is 1.54. The predicted molar refractivity (Wildman–Crippen MR) is 64.4 cm³/mol. The van der Waals surface area contributed by atoms with Crippen molar-refractivity contribution < 1.29 is 14.6 Å². The van der Waals surface area contributed by atoms with E-state index < -0.39 is 5.97 Å². The summed E-state index contributed by atoms with van der Waals surface area (Å²) in [5, 5.41) is 9.67. The maximum atomic E-state index is 11.1. The summed E-state index contributed by atoms with van der Waals surface area (Å²) in [6, 6.07) is 5.20. The SMILES string of the molecule is COc1ccc2nc(C)c(C(=O)O)c(N)c2c1. The third kappa shape index (κ3) is 1.75. The van der Waals surface area contributed by atoms with Crippen LogP contribution in [0.15, 0.2) is 18.2 Å². The molecule has 1 aromatic heterocycles. The van der Waals surface area contributed by atoms with E-state index in [0.717, 1.165) is 0 Å². The highest BCUT2D eigenvalue weighted by Crippen LogP contribution is 2.28. The average Bonchev–Trinajstić information content (AvgIpc) is 2.28. The number of nitrogens with zero attached hydrogens (tertiary/aromatic N) is 1. The van der Waals surface area contributed by atoms with Gasteiger partial charge in [0.1, 0.15) is 11.3 Å². The monoisotopic (exact) mass is 232 g/mol. The van der Waals surface area contributed by atoms with E-state index in [1.165, 1.54) is 7.11 Å². The molecule has 2 aromatic rings. The first-order valence-corrected chi connectivity index (χ1v) is 5.01. The number of rotatable bonds is 2. The van der Waals surface area contributed by atoms with Crippen LogP contribution in [0, 0.1) is 6.92 Å². The molecular weight excluding hydrogens is 220 g/mol. The molecule has 0 bridgehead atoms. The van der Waals surface area contributed by atoms with Gasteiger partial charge in [0.25, 0.3) is 0 Å². The van der Waals surface area contributed by atoms with E-state index in [4.69, 9.17) is 15.6 Å². The van der Waals surface area contributed by atoms with Crippen molar-refractivity contribution in [3.05, 3.63) is 29.5 Å². The Morgan fingerprint density at radius 3 is 2.76 bits per heavy atom. The molecule has 0 aliphatic heterocycles. The van der Waals surface area contributed by atoms with Gasteiger partial charge in [-0.15, -0.1) is 0 Å². The van der Waals surface area contributed by atoms with Gasteiger partial charge in [-0.1, -0.05) is 0 Å². The first kappa shape index (κ1) is 11.2. The van der Waals surface area contributed by atoms with E-state index in [1.54, 1.807) is 25.1 Å². The number of nitrogens with two attached hydrogens (primary N) is 1. The molecule has 0 radical (unpaired) electrons. The topological polar surface area (TPSA) is 85.4 Å². The van der Waals surface area contributed by atoms with Crippen LogP contribution in [0.1, 0.15) is 16.1 Å². The molecule has 0 fully saturated rings. The Hall–Kier alpha value is -2.30. The lowest BCUT2D eigenvalue weighted by Crippen LogP contribution is -2.07. The van der Waals surface area contributed by atoms with Crippen LogP contribution in [0.5, 0.6) is 5.75 Å². The summed E-state index contributed by atoms with van der Waals surface area (Å²) in [4.78, 5) is 15.3. The number of aromatic nitrogens is 1. The molecule has 2 rings (SSSR count). The minimum atomic E-state index is -1.07. The average molecular weight is 232 g/mol. The van der Waals surface area contributed by atoms with Crippen molar-refractivity contribution in [3.63, 3.8) is 0 Å². The molecule has 0 atom stereocenters. The maximum absolute atomic E-state index is 11.1. The second-order valence-corrected chi connectivity index (χ2v) is 3.67. The van der Waals surface area contributed by atoms with Gasteiger partial charge < -0.3 is 15.6 Å². The Morgan fingerprint density at radius 1 is 1.47 bits per heavy atom. The van der Waals surface area contributed by atoms with Gasteiger partial charge in [-0.3, -0.25) is 4.98 Å². The van der Waals surface area contributed by atoms with Gasteiger partial charge in [0.05, 0.1) is 24.0 Å². The minimum absolute atomic E-state index is 0.0470. The van der Waals surface area contributed by atoms with Gasteiger partial charge in [0, 0.05) is 5.39 Å². The number of nitrogen functional groups attached to an aromatic ring is 1. The van der Waals surface area contributed by atoms with E-state index in [2.05, 4.69) is 4.98 Å². The number of hydrogen-bond donors (Lipinski definition) is 2. The van der Waals surface area contributed by atoms with E-state index in [1.807, 2.05) is 0 Å². The number of ether oxygens (including phenoxy) is 1. The van der Waals surface area contributed by atoms with Crippen molar-refractivity contribution in [3.8, 4) is 5.75 Å². The number of carboxylic acid groups (broad SMARTS) is 1. The molecule has 0 saturated heterocycles. The van der Waals surface area contributed by atoms with Gasteiger partial charge >= 0.3 is 5.97 Å². The smallest absolute Gasteiger partial charge is 0.339 e. The largest absolute Gasteiger partial charge is 0.497 e. The molecule has 1 aromatic carbocycles. The van der Waals surface area contributed by atoms with Gasteiger partial charge in [0.15, 0.2) is 0 Å². The Balaban J connectivity index is 2.83. The zero-order valence-corrected chi connectivity index (χ0v) is 9.52. The molecule has 0 amide bonds. The Bertz CT molecular complexity index is 608. The number of anilines is 1. The summed E-state index contributed by atoms with van der Waals surface area (Å²) in [6.07, 6.45) is 0. The van der Waals surface area contributed by atoms with E-state index in [-0.39, 0.29) is 11.3 Å². The highest BCUT2D eigenvalue weighted by molar-refractivity contribution is 6.04. The van der Waals surface area contributed by atoms with Crippen LogP contribution >= 0.6 is 0 Å². The van der Waals surface area contributed by atoms with Gasteiger partial charge in [0.2, 0.25) is 0 Å². The van der Waals surface area contributed by atoms with Gasteiger partial charge in [-0.25, -0.2) is 4.79 Å². The van der Waals surface area contributed by atoms with Crippen molar-refractivity contribution in [2.75, 3.05) is 12.8 Å². The molecule has 5 heteroatoms. The van der Waals surface area contributed by atoms with Crippen molar-refractivity contribution >= 4 is 22.6 Å². The standard InChI is InChI=1S/C12H12N2O3/c1-6-10(12(15)16)11(13)8-5-7(17-2)3-4-9(8)14-6/h3-5H,1-2H3,(H2,13,14)(H,15,16). The number of benzene rings is 1. The molecule has 5 nitrogen and oxygen atoms in total. The summed E-state index contributed by atoms with van der Waals surface area (Å²) >= 11 is 0. The fraction of sp³-hybridized carbons (Fsp3) is 0.167. The molecule has 0 unspecified atom stereocenters. The number of pyridine rings is 1. The first-order chi connectivity index (χ1) is 8.04. The third-order valence-electron chi connectivity index (χ3n) is 2.63. The van der Waals surface area contributed by atoms with Crippen LogP contribution in [0.2, 0.25) is 0 Å². The Kier molecular flexibility index (Phi) is 2.59. The lowest BCUT2D eigenvalue weighted by molar-refractivity contribution is 0.0697. The van der Waals surface area contributed by atoms with Crippen LogP contribution in [0.3, 0.4) is 0 Å². The highest BCUT2D eigenvalue weighted by atomic mass is 16.5. The summed E-state index contributed by atoms with van der Waals surface area (Å²) in [5.41, 5.74) is 7.20. The van der Waals surface area contributed by atoms with E-state index in [9.17, 15) is 4.79 Å². The second-order valence-electron chi connectivity index (χ2n) is 3.67. The fourth-order valence-electron chi connectivity index (χ4n) is 1.79. The normalized spacial score (nSPS) is 10.5. The minimum Gasteiger partial charge on any atom is -0.497 e. The number of aromatic carboxylic acids is 1. The van der Waals surface area contributed by atoms with Gasteiger partial charge in [-0.2, -0.15) is 0 Å². The zero-order chi connectivity index (χ0) is 12.6. The van der Waals surface area contributed by atoms with Crippen molar-refractivity contribution in [2.45, 2.75) is 6.92 Å². The van der Waals surface area contributed by atoms with Crippen molar-refractivity contribution in [1.29, 1.82) is 0 Å². The van der Waals surface area contributed by atoms with Crippen LogP contribution in [-0.2, 0) is 0 Å². The number of methoxy groups -OCH3 is 1.